The molecule has 6 heteroatoms. The first kappa shape index (κ1) is 18.2. The first-order valence-corrected chi connectivity index (χ1v) is 9.46. The van der Waals surface area contributed by atoms with Gasteiger partial charge in [0.2, 0.25) is 5.91 Å². The molecule has 2 N–H and O–H groups in total. The summed E-state index contributed by atoms with van der Waals surface area (Å²) < 4.78 is 0. The SMILES string of the molecule is CCC[C@@H]1C(=O)N(C)C(N)=N[C@]1(C)c1ccc(-c2cccc(C#N)c2)s1. The Bertz CT molecular complexity index is 911. The predicted molar refractivity (Wildman–Crippen MR) is 105 cm³/mol. The molecule has 0 aliphatic carbocycles. The monoisotopic (exact) mass is 366 g/mol. The Kier molecular flexibility index (Phi) is 4.84. The van der Waals surface area contributed by atoms with E-state index in [9.17, 15) is 4.79 Å². The molecule has 0 saturated heterocycles. The number of nitrogens with zero attached hydrogens (tertiary/aromatic N) is 3. The fourth-order valence-electron chi connectivity index (χ4n) is 3.41. The number of guanidine groups is 1. The molecule has 0 spiro atoms. The molecule has 2 aromatic rings. The summed E-state index contributed by atoms with van der Waals surface area (Å²) in [5.74, 6) is 0.0382. The van der Waals surface area contributed by atoms with E-state index in [0.717, 1.165) is 28.2 Å². The smallest absolute Gasteiger partial charge is 0.234 e. The van der Waals surface area contributed by atoms with E-state index in [2.05, 4.69) is 13.0 Å². The van der Waals surface area contributed by atoms with Crippen LogP contribution in [0.2, 0.25) is 0 Å². The third-order valence-corrected chi connectivity index (χ3v) is 6.32. The summed E-state index contributed by atoms with van der Waals surface area (Å²) in [5.41, 5.74) is 6.97. The fraction of sp³-hybridized carbons (Fsp3) is 0.350. The lowest BCUT2D eigenvalue weighted by Gasteiger charge is -2.39. The van der Waals surface area contributed by atoms with Gasteiger partial charge in [-0.1, -0.05) is 25.5 Å². The maximum atomic E-state index is 12.8. The Morgan fingerprint density at radius 3 is 2.85 bits per heavy atom. The molecule has 26 heavy (non-hydrogen) atoms. The number of rotatable bonds is 4. The number of carbonyl (C=O) groups is 1. The molecule has 1 aromatic heterocycles. The van der Waals surface area contributed by atoms with Crippen LogP contribution >= 0.6 is 11.3 Å². The van der Waals surface area contributed by atoms with E-state index < -0.39 is 5.54 Å². The molecule has 0 fully saturated rings. The zero-order valence-corrected chi connectivity index (χ0v) is 16.0. The third kappa shape index (κ3) is 2.99. The van der Waals surface area contributed by atoms with E-state index in [1.165, 1.54) is 4.90 Å². The summed E-state index contributed by atoms with van der Waals surface area (Å²) in [6.45, 7) is 4.06. The summed E-state index contributed by atoms with van der Waals surface area (Å²) >= 11 is 1.60. The second-order valence-electron chi connectivity index (χ2n) is 6.71. The van der Waals surface area contributed by atoms with Gasteiger partial charge in [0.25, 0.3) is 0 Å². The van der Waals surface area contributed by atoms with Crippen molar-refractivity contribution in [1.29, 1.82) is 5.26 Å². The van der Waals surface area contributed by atoms with Crippen LogP contribution in [0.25, 0.3) is 10.4 Å². The van der Waals surface area contributed by atoms with Gasteiger partial charge in [-0.2, -0.15) is 5.26 Å². The maximum absolute atomic E-state index is 12.8. The van der Waals surface area contributed by atoms with Crippen LogP contribution in [0.15, 0.2) is 41.4 Å². The number of amides is 1. The molecular formula is C20H22N4OS. The van der Waals surface area contributed by atoms with Gasteiger partial charge in [0.05, 0.1) is 17.6 Å². The standard InChI is InChI=1S/C20H22N4OS/c1-4-6-15-18(25)24(3)19(22)23-20(15,2)17-10-9-16(26-17)14-8-5-7-13(11-14)12-21/h5,7-11,15H,4,6H2,1-3H3,(H2,22,23)/t15-,20+/m1/s1. The zero-order valence-electron chi connectivity index (χ0n) is 15.2. The molecule has 2 heterocycles. The van der Waals surface area contributed by atoms with E-state index >= 15 is 0 Å². The molecule has 1 aliphatic heterocycles. The minimum absolute atomic E-state index is 0.0169. The Balaban J connectivity index is 2.05. The molecule has 5 nitrogen and oxygen atoms in total. The van der Waals surface area contributed by atoms with Gasteiger partial charge < -0.3 is 5.73 Å². The molecule has 0 unspecified atom stereocenters. The van der Waals surface area contributed by atoms with E-state index in [0.29, 0.717) is 5.56 Å². The molecule has 2 atom stereocenters. The minimum Gasteiger partial charge on any atom is -0.369 e. The highest BCUT2D eigenvalue weighted by Gasteiger charge is 2.46. The number of nitrogens with two attached hydrogens (primary N) is 1. The summed E-state index contributed by atoms with van der Waals surface area (Å²) in [6, 6.07) is 13.8. The van der Waals surface area contributed by atoms with Crippen molar-refractivity contribution in [3.8, 4) is 16.5 Å². The van der Waals surface area contributed by atoms with Crippen LogP contribution in [0.5, 0.6) is 0 Å². The lowest BCUT2D eigenvalue weighted by atomic mass is 9.79. The average molecular weight is 366 g/mol. The second kappa shape index (κ2) is 6.93. The van der Waals surface area contributed by atoms with Crippen molar-refractivity contribution >= 4 is 23.2 Å². The lowest BCUT2D eigenvalue weighted by Crippen LogP contribution is -2.53. The topological polar surface area (TPSA) is 82.5 Å². The van der Waals surface area contributed by atoms with Gasteiger partial charge in [0.1, 0.15) is 5.54 Å². The number of benzene rings is 1. The fourth-order valence-corrected chi connectivity index (χ4v) is 4.55. The van der Waals surface area contributed by atoms with Crippen LogP contribution < -0.4 is 5.73 Å². The van der Waals surface area contributed by atoms with Crippen molar-refractivity contribution in [2.75, 3.05) is 7.05 Å². The summed E-state index contributed by atoms with van der Waals surface area (Å²) in [6.07, 6.45) is 1.66. The molecule has 1 aliphatic rings. The number of aliphatic imine (C=N–C) groups is 1. The maximum Gasteiger partial charge on any atom is 0.234 e. The number of hydrogen-bond donors (Lipinski definition) is 1. The second-order valence-corrected chi connectivity index (χ2v) is 7.80. The van der Waals surface area contributed by atoms with Crippen LogP contribution in [0.4, 0.5) is 0 Å². The largest absolute Gasteiger partial charge is 0.369 e. The van der Waals surface area contributed by atoms with Crippen LogP contribution in [0, 0.1) is 17.2 Å². The highest BCUT2D eigenvalue weighted by Crippen LogP contribution is 2.44. The highest BCUT2D eigenvalue weighted by molar-refractivity contribution is 7.15. The van der Waals surface area contributed by atoms with E-state index in [4.69, 9.17) is 16.0 Å². The summed E-state index contributed by atoms with van der Waals surface area (Å²) in [7, 11) is 1.68. The van der Waals surface area contributed by atoms with Gasteiger partial charge in [0.15, 0.2) is 5.96 Å². The summed E-state index contributed by atoms with van der Waals surface area (Å²) in [4.78, 5) is 21.0. The van der Waals surface area contributed by atoms with Gasteiger partial charge in [-0.3, -0.25) is 9.69 Å². The molecule has 3 rings (SSSR count). The third-order valence-electron chi connectivity index (χ3n) is 4.96. The van der Waals surface area contributed by atoms with Crippen molar-refractivity contribution in [3.63, 3.8) is 0 Å². The first-order chi connectivity index (χ1) is 12.4. The Morgan fingerprint density at radius 1 is 1.38 bits per heavy atom. The number of carbonyl (C=O) groups excluding carboxylic acids is 1. The van der Waals surface area contributed by atoms with Gasteiger partial charge >= 0.3 is 0 Å². The lowest BCUT2D eigenvalue weighted by molar-refractivity contribution is -0.134. The van der Waals surface area contributed by atoms with Gasteiger partial charge in [0, 0.05) is 16.8 Å². The minimum atomic E-state index is -0.667. The van der Waals surface area contributed by atoms with Crippen LogP contribution in [-0.4, -0.2) is 23.8 Å². The average Bonchev–Trinajstić information content (AvgIpc) is 3.14. The van der Waals surface area contributed by atoms with Gasteiger partial charge in [-0.05, 0) is 43.2 Å². The molecule has 0 radical (unpaired) electrons. The van der Waals surface area contributed by atoms with E-state index in [-0.39, 0.29) is 17.8 Å². The Morgan fingerprint density at radius 2 is 2.15 bits per heavy atom. The molecular weight excluding hydrogens is 344 g/mol. The summed E-state index contributed by atoms with van der Waals surface area (Å²) in [5, 5.41) is 9.12. The van der Waals surface area contributed by atoms with Crippen molar-refractivity contribution in [2.45, 2.75) is 32.2 Å². The van der Waals surface area contributed by atoms with Crippen molar-refractivity contribution in [3.05, 3.63) is 46.8 Å². The van der Waals surface area contributed by atoms with Crippen molar-refractivity contribution in [1.82, 2.24) is 4.90 Å². The van der Waals surface area contributed by atoms with Crippen LogP contribution in [-0.2, 0) is 10.3 Å². The number of nitriles is 1. The normalized spacial score (nSPS) is 22.8. The van der Waals surface area contributed by atoms with Gasteiger partial charge in [-0.25, -0.2) is 4.99 Å². The number of thiophene rings is 1. The van der Waals surface area contributed by atoms with E-state index in [1.807, 2.05) is 37.3 Å². The Labute approximate surface area is 157 Å². The van der Waals surface area contributed by atoms with E-state index in [1.54, 1.807) is 24.5 Å². The molecule has 134 valence electrons. The van der Waals surface area contributed by atoms with Crippen LogP contribution in [0.1, 0.15) is 37.1 Å². The van der Waals surface area contributed by atoms with Crippen molar-refractivity contribution in [2.24, 2.45) is 16.6 Å². The van der Waals surface area contributed by atoms with Crippen molar-refractivity contribution < 1.29 is 4.79 Å². The number of hydrogen-bond acceptors (Lipinski definition) is 5. The molecule has 1 aromatic carbocycles. The predicted octanol–water partition coefficient (Wildman–Crippen LogP) is 3.70. The first-order valence-electron chi connectivity index (χ1n) is 8.64. The van der Waals surface area contributed by atoms with Crippen LogP contribution in [0.3, 0.4) is 0 Å². The quantitative estimate of drug-likeness (QED) is 0.895. The highest BCUT2D eigenvalue weighted by atomic mass is 32.1. The molecule has 1 amide bonds. The Hall–Kier alpha value is -2.65. The molecule has 0 saturated carbocycles. The zero-order chi connectivity index (χ0) is 18.9. The van der Waals surface area contributed by atoms with Gasteiger partial charge in [-0.15, -0.1) is 11.3 Å². The molecule has 0 bridgehead atoms.